The maximum atomic E-state index is 10.4. The van der Waals surface area contributed by atoms with Crippen LogP contribution in [0.4, 0.5) is 5.82 Å². The van der Waals surface area contributed by atoms with Crippen LogP contribution in [0.5, 0.6) is 0 Å². The van der Waals surface area contributed by atoms with Crippen LogP contribution in [-0.4, -0.2) is 17.8 Å². The molecule has 0 aliphatic rings. The number of anilines is 1. The second-order valence-electron chi connectivity index (χ2n) is 5.91. The largest absolute Gasteiger partial charge is 0.363 e. The number of rotatable bonds is 9. The van der Waals surface area contributed by atoms with Crippen molar-refractivity contribution in [2.75, 3.05) is 11.9 Å². The number of carbonyl (C=O) groups excluding carboxylic acids is 1. The van der Waals surface area contributed by atoms with E-state index in [1.807, 2.05) is 25.1 Å². The lowest BCUT2D eigenvalue weighted by Crippen LogP contribution is -2.16. The van der Waals surface area contributed by atoms with Gasteiger partial charge in [0.25, 0.3) is 0 Å². The fourth-order valence-electron chi connectivity index (χ4n) is 2.56. The quantitative estimate of drug-likeness (QED) is 0.478. The lowest BCUT2D eigenvalue weighted by molar-refractivity contribution is -0.107. The van der Waals surface area contributed by atoms with Gasteiger partial charge in [-0.05, 0) is 42.2 Å². The highest BCUT2D eigenvalue weighted by Crippen LogP contribution is 2.27. The van der Waals surface area contributed by atoms with Crippen LogP contribution in [0.1, 0.15) is 42.5 Å². The summed E-state index contributed by atoms with van der Waals surface area (Å²) in [6, 6.07) is 8.14. The lowest BCUT2D eigenvalue weighted by atomic mass is 10.0. The molecule has 2 aromatic rings. The predicted molar refractivity (Wildman–Crippen MR) is 104 cm³/mol. The Morgan fingerprint density at radius 2 is 2.04 bits per heavy atom. The van der Waals surface area contributed by atoms with Gasteiger partial charge in [0.15, 0.2) is 0 Å². The summed E-state index contributed by atoms with van der Waals surface area (Å²) in [4.78, 5) is 14.8. The van der Waals surface area contributed by atoms with Gasteiger partial charge in [0, 0.05) is 30.7 Å². The zero-order valence-electron chi connectivity index (χ0n) is 14.5. The van der Waals surface area contributed by atoms with Crippen LogP contribution in [0.15, 0.2) is 30.5 Å². The third-order valence-corrected chi connectivity index (χ3v) is 4.77. The summed E-state index contributed by atoms with van der Waals surface area (Å²) < 4.78 is 0. The summed E-state index contributed by atoms with van der Waals surface area (Å²) in [5, 5.41) is 8.04. The molecule has 2 rings (SSSR count). The van der Waals surface area contributed by atoms with Crippen LogP contribution >= 0.6 is 23.2 Å². The molecule has 1 aromatic carbocycles. The molecule has 1 aromatic heterocycles. The van der Waals surface area contributed by atoms with Crippen LogP contribution in [0.2, 0.25) is 10.0 Å². The van der Waals surface area contributed by atoms with Crippen LogP contribution < -0.4 is 10.6 Å². The van der Waals surface area contributed by atoms with Crippen molar-refractivity contribution < 1.29 is 4.79 Å². The molecule has 2 N–H and O–H groups in total. The average Bonchev–Trinajstić information content (AvgIpc) is 2.61. The van der Waals surface area contributed by atoms with Crippen molar-refractivity contribution in [2.45, 2.75) is 39.3 Å². The van der Waals surface area contributed by atoms with Gasteiger partial charge in [0.2, 0.25) is 0 Å². The van der Waals surface area contributed by atoms with Gasteiger partial charge in [-0.1, -0.05) is 42.3 Å². The molecule has 0 fully saturated rings. The van der Waals surface area contributed by atoms with Crippen LogP contribution in [0, 0.1) is 6.92 Å². The van der Waals surface area contributed by atoms with Gasteiger partial charge in [-0.2, -0.15) is 0 Å². The number of pyridine rings is 1. The molecule has 0 radical (unpaired) electrons. The molecular formula is C19H23Cl2N3O. The van der Waals surface area contributed by atoms with Crippen LogP contribution in [-0.2, 0) is 11.3 Å². The summed E-state index contributed by atoms with van der Waals surface area (Å²) >= 11 is 12.3. The Morgan fingerprint density at radius 1 is 1.24 bits per heavy atom. The van der Waals surface area contributed by atoms with E-state index in [4.69, 9.17) is 23.2 Å². The molecule has 0 amide bonds. The van der Waals surface area contributed by atoms with E-state index in [-0.39, 0.29) is 6.04 Å². The number of nitrogens with zero attached hydrogens (tertiary/aromatic N) is 1. The number of nitrogens with one attached hydrogen (secondary N) is 2. The molecule has 4 nitrogen and oxygen atoms in total. The first-order chi connectivity index (χ1) is 12.0. The van der Waals surface area contributed by atoms with E-state index in [1.54, 1.807) is 6.20 Å². The summed E-state index contributed by atoms with van der Waals surface area (Å²) in [6.45, 7) is 5.36. The number of benzene rings is 1. The maximum absolute atomic E-state index is 10.4. The number of carbonyl (C=O) groups is 1. The maximum Gasteiger partial charge on any atom is 0.126 e. The Bertz CT molecular complexity index is 722. The molecule has 6 heteroatoms. The molecule has 134 valence electrons. The van der Waals surface area contributed by atoms with E-state index in [2.05, 4.69) is 28.6 Å². The number of hydrogen-bond acceptors (Lipinski definition) is 4. The molecule has 1 atom stereocenters. The van der Waals surface area contributed by atoms with Crippen LogP contribution in [0.3, 0.4) is 0 Å². The fraction of sp³-hybridized carbons (Fsp3) is 0.368. The lowest BCUT2D eigenvalue weighted by Gasteiger charge is -2.19. The zero-order chi connectivity index (χ0) is 18.2. The van der Waals surface area contributed by atoms with Crippen molar-refractivity contribution in [2.24, 2.45) is 0 Å². The molecule has 0 spiro atoms. The van der Waals surface area contributed by atoms with Gasteiger partial charge >= 0.3 is 0 Å². The second kappa shape index (κ2) is 9.76. The van der Waals surface area contributed by atoms with Gasteiger partial charge in [0.05, 0.1) is 11.1 Å². The normalized spacial score (nSPS) is 12.0. The third kappa shape index (κ3) is 5.70. The highest BCUT2D eigenvalue weighted by molar-refractivity contribution is 6.31. The molecule has 0 bridgehead atoms. The first-order valence-electron chi connectivity index (χ1n) is 8.36. The number of hydrogen-bond donors (Lipinski definition) is 2. The minimum atomic E-state index is 0.139. The third-order valence-electron chi connectivity index (χ3n) is 4.00. The van der Waals surface area contributed by atoms with Gasteiger partial charge in [-0.3, -0.25) is 0 Å². The van der Waals surface area contributed by atoms with E-state index in [0.29, 0.717) is 24.5 Å². The summed E-state index contributed by atoms with van der Waals surface area (Å²) in [5.74, 6) is 0.774. The minimum absolute atomic E-state index is 0.139. The molecule has 0 aliphatic heterocycles. The Hall–Kier alpha value is -1.62. The van der Waals surface area contributed by atoms with Crippen LogP contribution in [0.25, 0.3) is 0 Å². The first kappa shape index (κ1) is 19.7. The number of aromatic nitrogens is 1. The van der Waals surface area contributed by atoms with Crippen molar-refractivity contribution in [1.29, 1.82) is 0 Å². The number of aldehydes is 1. The second-order valence-corrected chi connectivity index (χ2v) is 6.72. The Balaban J connectivity index is 2.11. The molecular weight excluding hydrogens is 357 g/mol. The highest BCUT2D eigenvalue weighted by Gasteiger charge is 2.12. The minimum Gasteiger partial charge on any atom is -0.363 e. The van der Waals surface area contributed by atoms with E-state index >= 15 is 0 Å². The average molecular weight is 380 g/mol. The Morgan fingerprint density at radius 3 is 2.72 bits per heavy atom. The van der Waals surface area contributed by atoms with E-state index < -0.39 is 0 Å². The Kier molecular flexibility index (Phi) is 7.69. The molecule has 0 unspecified atom stereocenters. The van der Waals surface area contributed by atoms with Gasteiger partial charge in [0.1, 0.15) is 12.1 Å². The standard InChI is InChI=1S/C19H23Cl2N3O/c1-3-18(14-5-6-16(20)13(2)9-14)24-19-10-15(17(21)12-23-19)11-22-7-4-8-25/h5-6,8-10,12,18,22H,3-4,7,11H2,1-2H3,(H,23,24)/t18-/m1/s1. The van der Waals surface area contributed by atoms with Crippen molar-refractivity contribution in [3.8, 4) is 0 Å². The van der Waals surface area contributed by atoms with E-state index in [0.717, 1.165) is 34.7 Å². The molecule has 0 aliphatic carbocycles. The summed E-state index contributed by atoms with van der Waals surface area (Å²) in [6.07, 6.45) is 3.95. The topological polar surface area (TPSA) is 54.0 Å². The van der Waals surface area contributed by atoms with Crippen molar-refractivity contribution in [3.63, 3.8) is 0 Å². The first-order valence-corrected chi connectivity index (χ1v) is 9.12. The number of halogens is 2. The fourth-order valence-corrected chi connectivity index (χ4v) is 2.85. The van der Waals surface area contributed by atoms with E-state index in [9.17, 15) is 4.79 Å². The molecule has 25 heavy (non-hydrogen) atoms. The van der Waals surface area contributed by atoms with Gasteiger partial charge in [-0.25, -0.2) is 4.98 Å². The Labute approximate surface area is 158 Å². The summed E-state index contributed by atoms with van der Waals surface area (Å²) in [5.41, 5.74) is 3.18. The SMILES string of the molecule is CC[C@@H](Nc1cc(CNCCC=O)c(Cl)cn1)c1ccc(Cl)c(C)c1. The van der Waals surface area contributed by atoms with E-state index in [1.165, 1.54) is 5.56 Å². The van der Waals surface area contributed by atoms with Crippen molar-refractivity contribution >= 4 is 35.3 Å². The molecule has 1 heterocycles. The summed E-state index contributed by atoms with van der Waals surface area (Å²) in [7, 11) is 0. The predicted octanol–water partition coefficient (Wildman–Crippen LogP) is 4.94. The van der Waals surface area contributed by atoms with Crippen molar-refractivity contribution in [3.05, 3.63) is 57.2 Å². The molecule has 0 saturated carbocycles. The smallest absolute Gasteiger partial charge is 0.126 e. The highest BCUT2D eigenvalue weighted by atomic mass is 35.5. The number of aryl methyl sites for hydroxylation is 1. The zero-order valence-corrected chi connectivity index (χ0v) is 16.0. The monoisotopic (exact) mass is 379 g/mol. The molecule has 0 saturated heterocycles. The van der Waals surface area contributed by atoms with Gasteiger partial charge < -0.3 is 15.4 Å². The van der Waals surface area contributed by atoms with Crippen molar-refractivity contribution in [1.82, 2.24) is 10.3 Å². The van der Waals surface area contributed by atoms with Gasteiger partial charge in [-0.15, -0.1) is 0 Å².